The fourth-order valence-electron chi connectivity index (χ4n) is 4.11. The summed E-state index contributed by atoms with van der Waals surface area (Å²) in [7, 11) is 0. The second kappa shape index (κ2) is 18.0. The standard InChI is InChI=1S/C27H42N10O5/c28-11-5-4-9-19(29)23(38)36-21(14-18-15-32-16-34-18)25(40)35-20(10-6-12-33-27(30)31)24(39)37-22(26(41)42)13-17-7-2-1-3-8-17/h1-3,7-8,15-16,19-22H,4-6,9-14,28-29H2,(H,32,34)(H,35,40)(H,36,38)(H,37,39)(H,41,42)(H4,30,31,33). The molecule has 2 aromatic rings. The van der Waals surface area contributed by atoms with Crippen LogP contribution in [-0.2, 0) is 32.0 Å². The molecular weight excluding hydrogens is 544 g/mol. The van der Waals surface area contributed by atoms with E-state index in [0.717, 1.165) is 0 Å². The van der Waals surface area contributed by atoms with Crippen LogP contribution in [0.15, 0.2) is 47.8 Å². The number of carboxylic acids is 1. The number of carboxylic acid groups (broad SMARTS) is 1. The lowest BCUT2D eigenvalue weighted by Gasteiger charge is -2.25. The second-order valence-corrected chi connectivity index (χ2v) is 9.83. The van der Waals surface area contributed by atoms with Crippen molar-refractivity contribution in [3.63, 3.8) is 0 Å². The minimum atomic E-state index is -1.25. The highest BCUT2D eigenvalue weighted by atomic mass is 16.4. The molecule has 1 heterocycles. The van der Waals surface area contributed by atoms with Crippen molar-refractivity contribution in [3.05, 3.63) is 54.1 Å². The van der Waals surface area contributed by atoms with Crippen molar-refractivity contribution in [1.82, 2.24) is 25.9 Å². The summed E-state index contributed by atoms with van der Waals surface area (Å²) in [6.07, 6.45) is 5.15. The molecule has 0 aliphatic rings. The average Bonchev–Trinajstić information content (AvgIpc) is 3.47. The Bertz CT molecular complexity index is 1160. The summed E-state index contributed by atoms with van der Waals surface area (Å²) in [5.41, 5.74) is 23.6. The van der Waals surface area contributed by atoms with E-state index in [4.69, 9.17) is 22.9 Å². The van der Waals surface area contributed by atoms with Crippen LogP contribution in [0.4, 0.5) is 0 Å². The Balaban J connectivity index is 2.20. The number of hydrogen-bond acceptors (Lipinski definition) is 8. The molecule has 4 unspecified atom stereocenters. The van der Waals surface area contributed by atoms with E-state index in [-0.39, 0.29) is 31.8 Å². The first-order valence-electron chi connectivity index (χ1n) is 13.8. The van der Waals surface area contributed by atoms with E-state index in [1.54, 1.807) is 30.3 Å². The molecule has 3 amide bonds. The minimum Gasteiger partial charge on any atom is -0.480 e. The van der Waals surface area contributed by atoms with E-state index in [2.05, 4.69) is 30.9 Å². The van der Waals surface area contributed by atoms with E-state index in [1.807, 2.05) is 0 Å². The van der Waals surface area contributed by atoms with E-state index < -0.39 is 47.9 Å². The molecular formula is C27H42N10O5. The highest BCUT2D eigenvalue weighted by Crippen LogP contribution is 2.08. The van der Waals surface area contributed by atoms with Crippen molar-refractivity contribution >= 4 is 29.7 Å². The van der Waals surface area contributed by atoms with E-state index in [1.165, 1.54) is 12.5 Å². The SMILES string of the molecule is NCCCCC(N)C(=O)NC(Cc1cnc[nH]1)C(=O)NC(CCCN=C(N)N)C(=O)NC(Cc1ccccc1)C(=O)O. The van der Waals surface area contributed by atoms with Gasteiger partial charge < -0.3 is 49.0 Å². The monoisotopic (exact) mass is 586 g/mol. The molecule has 0 saturated heterocycles. The molecule has 1 aromatic carbocycles. The Morgan fingerprint density at radius 1 is 0.881 bits per heavy atom. The number of nitrogens with one attached hydrogen (secondary N) is 4. The zero-order chi connectivity index (χ0) is 30.9. The van der Waals surface area contributed by atoms with Gasteiger partial charge in [0.15, 0.2) is 5.96 Å². The van der Waals surface area contributed by atoms with E-state index in [9.17, 15) is 24.3 Å². The van der Waals surface area contributed by atoms with Gasteiger partial charge in [0.2, 0.25) is 17.7 Å². The molecule has 42 heavy (non-hydrogen) atoms. The van der Waals surface area contributed by atoms with Gasteiger partial charge in [0.05, 0.1) is 12.4 Å². The Morgan fingerprint density at radius 3 is 2.17 bits per heavy atom. The fraction of sp³-hybridized carbons (Fsp3) is 0.481. The van der Waals surface area contributed by atoms with Crippen molar-refractivity contribution in [2.24, 2.45) is 27.9 Å². The number of aliphatic imine (C=N–C) groups is 1. The number of unbranched alkanes of at least 4 members (excludes halogenated alkanes) is 1. The Hall–Kier alpha value is -4.50. The van der Waals surface area contributed by atoms with Crippen LogP contribution in [0.2, 0.25) is 0 Å². The number of H-pyrrole nitrogens is 1. The van der Waals surface area contributed by atoms with Crippen LogP contribution in [0.5, 0.6) is 0 Å². The first-order chi connectivity index (χ1) is 20.1. The summed E-state index contributed by atoms with van der Waals surface area (Å²) in [6.45, 7) is 0.653. The Morgan fingerprint density at radius 2 is 1.55 bits per heavy atom. The van der Waals surface area contributed by atoms with Crippen molar-refractivity contribution in [1.29, 1.82) is 0 Å². The smallest absolute Gasteiger partial charge is 0.326 e. The molecule has 0 saturated carbocycles. The second-order valence-electron chi connectivity index (χ2n) is 9.83. The number of hydrogen-bond donors (Lipinski definition) is 9. The van der Waals surface area contributed by atoms with Gasteiger partial charge in [0.25, 0.3) is 0 Å². The number of carbonyl (C=O) groups is 4. The number of aromatic nitrogens is 2. The number of nitrogens with zero attached hydrogens (tertiary/aromatic N) is 2. The number of amides is 3. The lowest BCUT2D eigenvalue weighted by Crippen LogP contribution is -2.57. The zero-order valence-corrected chi connectivity index (χ0v) is 23.5. The topological polar surface area (TPSA) is 270 Å². The Labute approximate surface area is 244 Å². The van der Waals surface area contributed by atoms with Gasteiger partial charge in [-0.2, -0.15) is 0 Å². The summed E-state index contributed by atoms with van der Waals surface area (Å²) >= 11 is 0. The molecule has 15 nitrogen and oxygen atoms in total. The first kappa shape index (κ1) is 33.7. The lowest BCUT2D eigenvalue weighted by molar-refractivity contribution is -0.142. The minimum absolute atomic E-state index is 0.0388. The fourth-order valence-corrected chi connectivity index (χ4v) is 4.11. The van der Waals surface area contributed by atoms with Gasteiger partial charge in [-0.3, -0.25) is 19.4 Å². The third-order valence-electron chi connectivity index (χ3n) is 6.39. The largest absolute Gasteiger partial charge is 0.480 e. The highest BCUT2D eigenvalue weighted by molar-refractivity contribution is 5.94. The van der Waals surface area contributed by atoms with Crippen LogP contribution < -0.4 is 38.9 Å². The quantitative estimate of drug-likeness (QED) is 0.0508. The number of benzene rings is 1. The van der Waals surface area contributed by atoms with Crippen LogP contribution in [0.1, 0.15) is 43.4 Å². The van der Waals surface area contributed by atoms with Gasteiger partial charge in [0, 0.05) is 31.3 Å². The van der Waals surface area contributed by atoms with Crippen LogP contribution in [0.25, 0.3) is 0 Å². The van der Waals surface area contributed by atoms with Crippen molar-refractivity contribution in [2.45, 2.75) is 69.1 Å². The number of rotatable bonds is 19. The number of aromatic amines is 1. The maximum atomic E-state index is 13.5. The van der Waals surface area contributed by atoms with Gasteiger partial charge in [-0.25, -0.2) is 9.78 Å². The van der Waals surface area contributed by atoms with Gasteiger partial charge in [-0.15, -0.1) is 0 Å². The van der Waals surface area contributed by atoms with Crippen LogP contribution in [-0.4, -0.2) is 82.0 Å². The number of guanidine groups is 1. The molecule has 0 spiro atoms. The molecule has 230 valence electrons. The summed E-state index contributed by atoms with van der Waals surface area (Å²) in [5, 5.41) is 17.6. The molecule has 1 aromatic heterocycles. The maximum Gasteiger partial charge on any atom is 0.326 e. The van der Waals surface area contributed by atoms with Crippen molar-refractivity contribution in [2.75, 3.05) is 13.1 Å². The summed E-state index contributed by atoms with van der Waals surface area (Å²) in [6, 6.07) is 4.47. The summed E-state index contributed by atoms with van der Waals surface area (Å²) < 4.78 is 0. The third kappa shape index (κ3) is 12.3. The maximum absolute atomic E-state index is 13.5. The van der Waals surface area contributed by atoms with Gasteiger partial charge in [-0.1, -0.05) is 36.8 Å². The van der Waals surface area contributed by atoms with Gasteiger partial charge in [-0.05, 0) is 37.8 Å². The number of aliphatic carboxylic acids is 1. The van der Waals surface area contributed by atoms with E-state index in [0.29, 0.717) is 43.5 Å². The number of imidazole rings is 1. The van der Waals surface area contributed by atoms with E-state index >= 15 is 0 Å². The average molecular weight is 587 g/mol. The molecule has 15 heteroatoms. The molecule has 0 aliphatic carbocycles. The normalized spacial score (nSPS) is 13.7. The molecule has 0 radical (unpaired) electrons. The highest BCUT2D eigenvalue weighted by Gasteiger charge is 2.30. The first-order valence-corrected chi connectivity index (χ1v) is 13.8. The van der Waals surface area contributed by atoms with Crippen LogP contribution in [0, 0.1) is 0 Å². The summed E-state index contributed by atoms with van der Waals surface area (Å²) in [4.78, 5) is 62.3. The molecule has 4 atom stereocenters. The van der Waals surface area contributed by atoms with Crippen molar-refractivity contribution < 1.29 is 24.3 Å². The van der Waals surface area contributed by atoms with Crippen molar-refractivity contribution in [3.8, 4) is 0 Å². The zero-order valence-electron chi connectivity index (χ0n) is 23.5. The number of nitrogens with two attached hydrogens (primary N) is 4. The van der Waals surface area contributed by atoms with Crippen LogP contribution in [0.3, 0.4) is 0 Å². The Kier molecular flexibility index (Phi) is 14.5. The molecule has 0 bridgehead atoms. The summed E-state index contributed by atoms with van der Waals surface area (Å²) in [5.74, 6) is -3.26. The molecule has 0 aliphatic heterocycles. The van der Waals surface area contributed by atoms with Gasteiger partial charge in [0.1, 0.15) is 18.1 Å². The molecule has 2 rings (SSSR count). The predicted molar refractivity (Wildman–Crippen MR) is 157 cm³/mol. The molecule has 13 N–H and O–H groups in total. The van der Waals surface area contributed by atoms with Gasteiger partial charge >= 0.3 is 5.97 Å². The predicted octanol–water partition coefficient (Wildman–Crippen LogP) is -1.76. The lowest BCUT2D eigenvalue weighted by atomic mass is 10.0. The molecule has 0 fully saturated rings. The third-order valence-corrected chi connectivity index (χ3v) is 6.39. The van der Waals surface area contributed by atoms with Crippen LogP contribution >= 0.6 is 0 Å². The number of carbonyl (C=O) groups excluding carboxylic acids is 3.